The molecule has 0 saturated carbocycles. The molecular weight excluding hydrogens is 1010 g/mol. The fourth-order valence-electron chi connectivity index (χ4n) is 11.8. The summed E-state index contributed by atoms with van der Waals surface area (Å²) in [5.74, 6) is 0. The van der Waals surface area contributed by atoms with E-state index in [1.807, 2.05) is 11.3 Å². The van der Waals surface area contributed by atoms with Crippen LogP contribution in [0.15, 0.2) is 133 Å². The highest BCUT2D eigenvalue weighted by atomic mass is 32.1. The van der Waals surface area contributed by atoms with Gasteiger partial charge in [0.05, 0.1) is 32.5 Å². The van der Waals surface area contributed by atoms with E-state index in [0.29, 0.717) is 12.7 Å². The number of ether oxygens (including phenoxy) is 4. The van der Waals surface area contributed by atoms with Crippen molar-refractivity contribution in [3.05, 3.63) is 178 Å². The van der Waals surface area contributed by atoms with Crippen molar-refractivity contribution >= 4 is 45.5 Å². The molecule has 1 aromatic heterocycles. The van der Waals surface area contributed by atoms with Gasteiger partial charge in [0.25, 0.3) is 0 Å². The maximum Gasteiger partial charge on any atom is 0.104 e. The summed E-state index contributed by atoms with van der Waals surface area (Å²) in [6.07, 6.45) is 23.6. The number of hydrogen-bond donors (Lipinski definition) is 0. The van der Waals surface area contributed by atoms with Crippen LogP contribution in [0.2, 0.25) is 0 Å². The van der Waals surface area contributed by atoms with E-state index < -0.39 is 0 Å². The Morgan fingerprint density at radius 1 is 0.444 bits per heavy atom. The van der Waals surface area contributed by atoms with E-state index in [-0.39, 0.29) is 12.2 Å². The van der Waals surface area contributed by atoms with Crippen LogP contribution in [-0.2, 0) is 38.2 Å². The predicted molar refractivity (Wildman–Crippen MR) is 345 cm³/mol. The van der Waals surface area contributed by atoms with Gasteiger partial charge in [-0.15, -0.1) is 11.3 Å². The third-order valence-electron chi connectivity index (χ3n) is 16.7. The van der Waals surface area contributed by atoms with Gasteiger partial charge in [-0.2, -0.15) is 0 Å². The number of nitrogens with zero attached hydrogens (tertiary/aromatic N) is 2. The number of rotatable bonds is 35. The minimum absolute atomic E-state index is 0.0709. The molecular formula is C74H94N2O4S. The van der Waals surface area contributed by atoms with Crippen molar-refractivity contribution in [1.29, 1.82) is 0 Å². The molecule has 2 saturated heterocycles. The first-order chi connectivity index (χ1) is 39.7. The third kappa shape index (κ3) is 17.3. The summed E-state index contributed by atoms with van der Waals surface area (Å²) >= 11 is 1.86. The Morgan fingerprint density at radius 3 is 1.32 bits per heavy atom. The molecule has 2 aliphatic heterocycles. The first-order valence-corrected chi connectivity index (χ1v) is 32.2. The van der Waals surface area contributed by atoms with Crippen LogP contribution in [0.5, 0.6) is 0 Å². The van der Waals surface area contributed by atoms with E-state index in [1.54, 1.807) is 0 Å². The van der Waals surface area contributed by atoms with Gasteiger partial charge < -0.3 is 28.7 Å². The number of aryl methyl sites for hydroxylation is 5. The smallest absolute Gasteiger partial charge is 0.104 e. The molecule has 0 spiro atoms. The molecule has 0 bridgehead atoms. The number of thiophene rings is 1. The predicted octanol–water partition coefficient (Wildman–Crippen LogP) is 21.1. The number of benzene rings is 6. The Hall–Kier alpha value is -5.54. The van der Waals surface area contributed by atoms with Gasteiger partial charge in [0.2, 0.25) is 0 Å². The molecule has 0 aliphatic carbocycles. The van der Waals surface area contributed by atoms with Crippen LogP contribution in [0, 0.1) is 27.7 Å². The fraction of sp³-hybridized carbons (Fsp3) is 0.459. The standard InChI is InChI=1S/C74H94N2O4S/c1-8-11-14-20-24-70-54(4)46-66(47-55(70)5)75(62-35-27-58(28-36-62)23-19-16-17-22-45-77-50-68-51-78-68)64-39-31-60(32-40-64)73-43-44-74(81-73)61-33-41-65(42-34-61)76(67-48-56(6)71(57(7)49-67)25-21-15-12-9-2)63-37-29-59(30-38-63)72(26-18-13-10-3)80-53-69-52-79-69/h27-44,46-49,68-69,72H,8-26,45,50-53H2,1-7H3. The van der Waals surface area contributed by atoms with Gasteiger partial charge in [-0.3, -0.25) is 0 Å². The highest BCUT2D eigenvalue weighted by Gasteiger charge is 2.26. The van der Waals surface area contributed by atoms with Crippen molar-refractivity contribution in [2.24, 2.45) is 0 Å². The van der Waals surface area contributed by atoms with Crippen LogP contribution in [0.4, 0.5) is 34.1 Å². The third-order valence-corrected chi connectivity index (χ3v) is 17.9. The van der Waals surface area contributed by atoms with E-state index in [0.717, 1.165) is 76.3 Å². The van der Waals surface area contributed by atoms with E-state index >= 15 is 0 Å². The molecule has 2 aliphatic rings. The molecule has 3 atom stereocenters. The molecule has 3 heterocycles. The Bertz CT molecular complexity index is 2940. The molecule has 3 unspecified atom stereocenters. The topological polar surface area (TPSA) is 50.0 Å². The zero-order valence-corrected chi connectivity index (χ0v) is 51.2. The Morgan fingerprint density at radius 2 is 0.852 bits per heavy atom. The van der Waals surface area contributed by atoms with Gasteiger partial charge in [0.15, 0.2) is 0 Å². The number of hydrogen-bond acceptors (Lipinski definition) is 7. The first-order valence-electron chi connectivity index (χ1n) is 31.4. The van der Waals surface area contributed by atoms with Gasteiger partial charge in [-0.1, -0.05) is 140 Å². The van der Waals surface area contributed by atoms with Crippen molar-refractivity contribution in [1.82, 2.24) is 0 Å². The molecule has 9 rings (SSSR count). The SMILES string of the molecule is CCCCCCc1c(C)cc(N(c2ccc(CCCCCCOCC3CO3)cc2)c2ccc(-c3ccc(-c4ccc(N(c5ccc(C(CCCCC)OCC6CO6)cc5)c5cc(C)c(CCCCCC)c(C)c5)cc4)s3)cc2)cc1C. The van der Waals surface area contributed by atoms with Crippen molar-refractivity contribution in [2.45, 2.75) is 189 Å². The summed E-state index contributed by atoms with van der Waals surface area (Å²) in [5.41, 5.74) is 20.7. The van der Waals surface area contributed by atoms with Crippen LogP contribution < -0.4 is 9.80 Å². The highest BCUT2D eigenvalue weighted by molar-refractivity contribution is 7.18. The second-order valence-corrected chi connectivity index (χ2v) is 24.5. The van der Waals surface area contributed by atoms with E-state index in [2.05, 4.69) is 192 Å². The van der Waals surface area contributed by atoms with Crippen LogP contribution in [-0.4, -0.2) is 45.2 Å². The second-order valence-electron chi connectivity index (χ2n) is 23.4. The fourth-order valence-corrected chi connectivity index (χ4v) is 12.8. The lowest BCUT2D eigenvalue weighted by Crippen LogP contribution is -2.12. The molecule has 7 aromatic rings. The Labute approximate surface area is 492 Å². The van der Waals surface area contributed by atoms with Gasteiger partial charge in [0.1, 0.15) is 12.2 Å². The Kier molecular flexibility index (Phi) is 22.7. The zero-order valence-electron chi connectivity index (χ0n) is 50.3. The van der Waals surface area contributed by atoms with Gasteiger partial charge in [0, 0.05) is 50.5 Å². The largest absolute Gasteiger partial charge is 0.379 e. The summed E-state index contributed by atoms with van der Waals surface area (Å²) in [7, 11) is 0. The summed E-state index contributed by atoms with van der Waals surface area (Å²) in [6, 6.07) is 51.2. The van der Waals surface area contributed by atoms with Gasteiger partial charge >= 0.3 is 0 Å². The number of anilines is 6. The van der Waals surface area contributed by atoms with Crippen LogP contribution in [0.25, 0.3) is 20.9 Å². The molecule has 0 amide bonds. The molecule has 0 radical (unpaired) electrons. The normalized spacial score (nSPS) is 15.0. The van der Waals surface area contributed by atoms with Crippen LogP contribution >= 0.6 is 11.3 Å². The van der Waals surface area contributed by atoms with E-state index in [4.69, 9.17) is 18.9 Å². The van der Waals surface area contributed by atoms with Crippen LogP contribution in [0.1, 0.15) is 174 Å². The summed E-state index contributed by atoms with van der Waals surface area (Å²) in [6.45, 7) is 20.0. The minimum Gasteiger partial charge on any atom is -0.379 e. The number of epoxide rings is 2. The second kappa shape index (κ2) is 30.7. The maximum absolute atomic E-state index is 6.50. The average molecular weight is 1110 g/mol. The molecule has 2 fully saturated rings. The first kappa shape index (κ1) is 60.1. The molecule has 0 N–H and O–H groups in total. The Balaban J connectivity index is 0.935. The van der Waals surface area contributed by atoms with Crippen LogP contribution in [0.3, 0.4) is 0 Å². The lowest BCUT2D eigenvalue weighted by Gasteiger charge is -2.28. The molecule has 430 valence electrons. The average Bonchev–Trinajstić information content (AvgIpc) is 4.49. The minimum atomic E-state index is 0.0709. The summed E-state index contributed by atoms with van der Waals surface area (Å²) in [5, 5.41) is 0. The lowest BCUT2D eigenvalue weighted by atomic mass is 9.95. The summed E-state index contributed by atoms with van der Waals surface area (Å²) < 4.78 is 23.1. The van der Waals surface area contributed by atoms with Gasteiger partial charge in [-0.25, -0.2) is 0 Å². The lowest BCUT2D eigenvalue weighted by molar-refractivity contribution is 0.0347. The van der Waals surface area contributed by atoms with Crippen molar-refractivity contribution in [2.75, 3.05) is 42.8 Å². The van der Waals surface area contributed by atoms with Crippen molar-refractivity contribution in [3.63, 3.8) is 0 Å². The van der Waals surface area contributed by atoms with Crippen molar-refractivity contribution in [3.8, 4) is 20.9 Å². The monoisotopic (exact) mass is 1110 g/mol. The highest BCUT2D eigenvalue weighted by Crippen LogP contribution is 2.43. The molecule has 7 heteroatoms. The van der Waals surface area contributed by atoms with Gasteiger partial charge in [-0.05, 0) is 220 Å². The van der Waals surface area contributed by atoms with E-state index in [1.165, 1.54) is 172 Å². The molecule has 6 aromatic carbocycles. The van der Waals surface area contributed by atoms with E-state index in [9.17, 15) is 0 Å². The number of unbranched alkanes of at least 4 members (excludes halogenated alkanes) is 11. The quantitative estimate of drug-likeness (QED) is 0.0292. The zero-order chi connectivity index (χ0) is 56.3. The molecule has 6 nitrogen and oxygen atoms in total. The molecule has 81 heavy (non-hydrogen) atoms. The van der Waals surface area contributed by atoms with Crippen molar-refractivity contribution < 1.29 is 18.9 Å². The maximum atomic E-state index is 6.50. The summed E-state index contributed by atoms with van der Waals surface area (Å²) in [4.78, 5) is 7.42.